The number of nitrogens with one attached hydrogen (secondary N) is 1. The fourth-order valence-electron chi connectivity index (χ4n) is 1.82. The van der Waals surface area contributed by atoms with Crippen molar-refractivity contribution in [1.29, 1.82) is 0 Å². The summed E-state index contributed by atoms with van der Waals surface area (Å²) < 4.78 is 0. The molecule has 1 rings (SSSR count). The van der Waals surface area contributed by atoms with Crippen LogP contribution in [0, 0.1) is 17.8 Å². The fourth-order valence-corrected chi connectivity index (χ4v) is 1.82. The Hall–Kier alpha value is -0.860. The zero-order valence-electron chi connectivity index (χ0n) is 8.46. The lowest BCUT2D eigenvalue weighted by Gasteiger charge is -2.28. The van der Waals surface area contributed by atoms with Crippen molar-refractivity contribution in [2.45, 2.75) is 33.6 Å². The van der Waals surface area contributed by atoms with Crippen molar-refractivity contribution in [2.24, 2.45) is 17.8 Å². The Labute approximate surface area is 78.9 Å². The summed E-state index contributed by atoms with van der Waals surface area (Å²) in [5.74, 6) is 0.545. The lowest BCUT2D eigenvalue weighted by molar-refractivity contribution is -0.138. The van der Waals surface area contributed by atoms with E-state index in [2.05, 4.69) is 19.2 Å². The van der Waals surface area contributed by atoms with Crippen molar-refractivity contribution in [3.8, 4) is 0 Å². The molecule has 13 heavy (non-hydrogen) atoms. The van der Waals surface area contributed by atoms with Crippen molar-refractivity contribution in [1.82, 2.24) is 5.32 Å². The molecular weight excluding hydrogens is 166 g/mol. The molecule has 1 aliphatic rings. The minimum Gasteiger partial charge on any atom is -0.296 e. The first-order valence-electron chi connectivity index (χ1n) is 4.84. The van der Waals surface area contributed by atoms with E-state index in [1.54, 1.807) is 0 Å². The molecule has 3 heteroatoms. The summed E-state index contributed by atoms with van der Waals surface area (Å²) in [7, 11) is 0. The summed E-state index contributed by atoms with van der Waals surface area (Å²) >= 11 is 0. The van der Waals surface area contributed by atoms with Gasteiger partial charge in [0.2, 0.25) is 11.8 Å². The SMILES string of the molecule is CC(C)CC1CC(=O)NC(=O)C1C. The maximum absolute atomic E-state index is 11.3. The maximum Gasteiger partial charge on any atom is 0.229 e. The Kier molecular flexibility index (Phi) is 3.07. The summed E-state index contributed by atoms with van der Waals surface area (Å²) in [6.07, 6.45) is 1.46. The molecule has 2 unspecified atom stereocenters. The molecule has 74 valence electrons. The third-order valence-corrected chi connectivity index (χ3v) is 2.61. The third-order valence-electron chi connectivity index (χ3n) is 2.61. The lowest BCUT2D eigenvalue weighted by atomic mass is 9.81. The van der Waals surface area contributed by atoms with E-state index < -0.39 is 0 Å². The summed E-state index contributed by atoms with van der Waals surface area (Å²) in [5.41, 5.74) is 0. The topological polar surface area (TPSA) is 46.2 Å². The number of carbonyl (C=O) groups is 2. The quantitative estimate of drug-likeness (QED) is 0.656. The minimum atomic E-state index is -0.117. The number of rotatable bonds is 2. The molecule has 3 nitrogen and oxygen atoms in total. The number of imide groups is 1. The zero-order chi connectivity index (χ0) is 10.0. The number of amides is 2. The molecule has 1 saturated heterocycles. The van der Waals surface area contributed by atoms with Gasteiger partial charge in [-0.3, -0.25) is 14.9 Å². The van der Waals surface area contributed by atoms with Gasteiger partial charge in [-0.2, -0.15) is 0 Å². The Morgan fingerprint density at radius 2 is 2.08 bits per heavy atom. The van der Waals surface area contributed by atoms with E-state index in [1.807, 2.05) is 6.92 Å². The van der Waals surface area contributed by atoms with Crippen molar-refractivity contribution in [3.05, 3.63) is 0 Å². The van der Waals surface area contributed by atoms with Crippen molar-refractivity contribution in [3.63, 3.8) is 0 Å². The highest BCUT2D eigenvalue weighted by Crippen LogP contribution is 2.26. The van der Waals surface area contributed by atoms with E-state index in [0.717, 1.165) is 6.42 Å². The summed E-state index contributed by atoms with van der Waals surface area (Å²) in [5, 5.41) is 2.35. The highest BCUT2D eigenvalue weighted by Gasteiger charge is 2.32. The van der Waals surface area contributed by atoms with Crippen LogP contribution in [0.25, 0.3) is 0 Å². The molecular formula is C10H17NO2. The van der Waals surface area contributed by atoms with Crippen LogP contribution in [0.4, 0.5) is 0 Å². The number of piperidine rings is 1. The lowest BCUT2D eigenvalue weighted by Crippen LogP contribution is -2.44. The van der Waals surface area contributed by atoms with Gasteiger partial charge in [-0.1, -0.05) is 20.8 Å². The molecule has 1 aliphatic heterocycles. The molecule has 2 atom stereocenters. The van der Waals surface area contributed by atoms with Crippen LogP contribution in [0.2, 0.25) is 0 Å². The summed E-state index contributed by atoms with van der Waals surface area (Å²) in [4.78, 5) is 22.3. The van der Waals surface area contributed by atoms with E-state index in [4.69, 9.17) is 0 Å². The summed E-state index contributed by atoms with van der Waals surface area (Å²) in [6.45, 7) is 6.13. The first kappa shape index (κ1) is 10.2. The van der Waals surface area contributed by atoms with Gasteiger partial charge in [0.1, 0.15) is 0 Å². The van der Waals surface area contributed by atoms with E-state index in [0.29, 0.717) is 12.3 Å². The monoisotopic (exact) mass is 183 g/mol. The molecule has 0 bridgehead atoms. The molecule has 1 heterocycles. The van der Waals surface area contributed by atoms with Crippen LogP contribution >= 0.6 is 0 Å². The number of hydrogen-bond donors (Lipinski definition) is 1. The molecule has 0 spiro atoms. The smallest absolute Gasteiger partial charge is 0.229 e. The van der Waals surface area contributed by atoms with Crippen LogP contribution in [0.3, 0.4) is 0 Å². The number of carbonyl (C=O) groups excluding carboxylic acids is 2. The average molecular weight is 183 g/mol. The van der Waals surface area contributed by atoms with Crippen LogP contribution in [-0.2, 0) is 9.59 Å². The van der Waals surface area contributed by atoms with E-state index in [1.165, 1.54) is 0 Å². The Morgan fingerprint density at radius 1 is 1.46 bits per heavy atom. The molecule has 0 radical (unpaired) electrons. The largest absolute Gasteiger partial charge is 0.296 e. The molecule has 0 aromatic heterocycles. The van der Waals surface area contributed by atoms with Gasteiger partial charge in [0.05, 0.1) is 0 Å². The number of hydrogen-bond acceptors (Lipinski definition) is 2. The van der Waals surface area contributed by atoms with Crippen molar-refractivity contribution < 1.29 is 9.59 Å². The van der Waals surface area contributed by atoms with Gasteiger partial charge < -0.3 is 0 Å². The zero-order valence-corrected chi connectivity index (χ0v) is 8.46. The van der Waals surface area contributed by atoms with Gasteiger partial charge in [-0.05, 0) is 18.3 Å². The van der Waals surface area contributed by atoms with Gasteiger partial charge >= 0.3 is 0 Å². The first-order valence-corrected chi connectivity index (χ1v) is 4.84. The Morgan fingerprint density at radius 3 is 2.62 bits per heavy atom. The van der Waals surface area contributed by atoms with Crippen molar-refractivity contribution in [2.75, 3.05) is 0 Å². The Bertz CT molecular complexity index is 223. The molecule has 1 fully saturated rings. The molecule has 0 aliphatic carbocycles. The van der Waals surface area contributed by atoms with Gasteiger partial charge in [-0.25, -0.2) is 0 Å². The normalized spacial score (nSPS) is 29.2. The van der Waals surface area contributed by atoms with Crippen LogP contribution in [0.5, 0.6) is 0 Å². The van der Waals surface area contributed by atoms with E-state index >= 15 is 0 Å². The Balaban J connectivity index is 2.61. The van der Waals surface area contributed by atoms with Crippen LogP contribution in [0.1, 0.15) is 33.6 Å². The second-order valence-corrected chi connectivity index (χ2v) is 4.29. The molecule has 0 aromatic rings. The van der Waals surface area contributed by atoms with Crippen LogP contribution < -0.4 is 5.32 Å². The van der Waals surface area contributed by atoms with Gasteiger partial charge in [0, 0.05) is 12.3 Å². The first-order chi connectivity index (χ1) is 6.00. The fraction of sp³-hybridized carbons (Fsp3) is 0.800. The molecule has 0 saturated carbocycles. The third kappa shape index (κ3) is 2.54. The van der Waals surface area contributed by atoms with E-state index in [9.17, 15) is 9.59 Å². The highest BCUT2D eigenvalue weighted by molar-refractivity contribution is 5.98. The highest BCUT2D eigenvalue weighted by atomic mass is 16.2. The predicted octanol–water partition coefficient (Wildman–Crippen LogP) is 1.33. The van der Waals surface area contributed by atoms with Crippen molar-refractivity contribution >= 4 is 11.8 Å². The molecule has 0 aromatic carbocycles. The van der Waals surface area contributed by atoms with Gasteiger partial charge in [-0.15, -0.1) is 0 Å². The van der Waals surface area contributed by atoms with Crippen LogP contribution in [0.15, 0.2) is 0 Å². The van der Waals surface area contributed by atoms with Gasteiger partial charge in [0.15, 0.2) is 0 Å². The second kappa shape index (κ2) is 3.90. The van der Waals surface area contributed by atoms with Crippen LogP contribution in [-0.4, -0.2) is 11.8 Å². The average Bonchev–Trinajstić information content (AvgIpc) is 1.98. The van der Waals surface area contributed by atoms with Gasteiger partial charge in [0.25, 0.3) is 0 Å². The molecule has 1 N–H and O–H groups in total. The summed E-state index contributed by atoms with van der Waals surface area (Å²) in [6, 6.07) is 0. The second-order valence-electron chi connectivity index (χ2n) is 4.29. The molecule has 2 amide bonds. The predicted molar refractivity (Wildman–Crippen MR) is 49.9 cm³/mol. The minimum absolute atomic E-state index is 0.0138. The maximum atomic E-state index is 11.3. The standard InChI is InChI=1S/C10H17NO2/c1-6(2)4-8-5-9(12)11-10(13)7(8)3/h6-8H,4-5H2,1-3H3,(H,11,12,13). The van der Waals surface area contributed by atoms with E-state index in [-0.39, 0.29) is 23.7 Å².